The Morgan fingerprint density at radius 2 is 0.938 bits per heavy atom. The zero-order valence-electron chi connectivity index (χ0n) is 14.3. The van der Waals surface area contributed by atoms with E-state index in [0.717, 1.165) is 0 Å². The second kappa shape index (κ2) is 36.0. The summed E-state index contributed by atoms with van der Waals surface area (Å²) in [6, 6.07) is 0. The Balaban J connectivity index is -0.00000000562. The van der Waals surface area contributed by atoms with Crippen LogP contribution in [0.5, 0.6) is 0 Å². The van der Waals surface area contributed by atoms with E-state index in [1.807, 2.05) is 0 Å². The number of hydrogen-bond donors (Lipinski definition) is 6. The van der Waals surface area contributed by atoms with Gasteiger partial charge < -0.3 is 36.0 Å². The summed E-state index contributed by atoms with van der Waals surface area (Å²) in [7, 11) is 0. The summed E-state index contributed by atoms with van der Waals surface area (Å²) in [5.41, 5.74) is 0. The molecule has 0 amide bonds. The van der Waals surface area contributed by atoms with Crippen molar-refractivity contribution in [2.24, 2.45) is 0 Å². The van der Waals surface area contributed by atoms with E-state index in [1.165, 1.54) is 0 Å². The molecule has 0 saturated heterocycles. The van der Waals surface area contributed by atoms with E-state index in [9.17, 15) is 0 Å². The maximum atomic E-state index is 8.56. The Labute approximate surface area is 166 Å². The number of aliphatic hydroxyl groups is 1. The van der Waals surface area contributed by atoms with Gasteiger partial charge in [-0.25, -0.2) is 9.59 Å². The largest absolute Gasteiger partial charge is 1.00 e. The van der Waals surface area contributed by atoms with Gasteiger partial charge in [0.15, 0.2) is 0 Å². The van der Waals surface area contributed by atoms with Crippen molar-refractivity contribution in [1.82, 2.24) is 6.15 Å². The van der Waals surface area contributed by atoms with Gasteiger partial charge in [-0.15, -0.1) is 0 Å². The van der Waals surface area contributed by atoms with Crippen LogP contribution in [-0.2, 0) is 0 Å². The third-order valence-corrected chi connectivity index (χ3v) is 0. The molecule has 0 aromatic heterocycles. The molecule has 0 aliphatic carbocycles. The molecule has 11 heteroatoms. The zero-order chi connectivity index (χ0) is 10.7. The second-order valence-corrected chi connectivity index (χ2v) is 1.66. The number of aliphatic hydroxyl groups excluding tert-OH is 1. The van der Waals surface area contributed by atoms with E-state index in [-0.39, 0.29) is 107 Å². The molecule has 88 valence electrons. The third kappa shape index (κ3) is 1520. The first-order chi connectivity index (χ1) is 5.20. The average Bonchev–Trinajstić information content (AvgIpc) is 1.54. The molecule has 0 atom stereocenters. The van der Waals surface area contributed by atoms with E-state index in [4.69, 9.17) is 35.1 Å². The number of rotatable bonds is 0. The van der Waals surface area contributed by atoms with Gasteiger partial charge in [0.2, 0.25) is 0 Å². The molecular weight excluding hydrogens is 255 g/mol. The minimum Gasteiger partial charge on any atom is -1.00 e. The third-order valence-electron chi connectivity index (χ3n) is 0. The number of hydrogen-bond acceptors (Lipinski definition) is 4. The van der Waals surface area contributed by atoms with Gasteiger partial charge >= 0.3 is 102 Å². The summed E-state index contributed by atoms with van der Waals surface area (Å²) < 4.78 is 0. The van der Waals surface area contributed by atoms with Gasteiger partial charge in [0.25, 0.3) is 0 Å². The van der Waals surface area contributed by atoms with E-state index < -0.39 is 12.3 Å². The topological polar surface area (TPSA) is 170 Å². The fourth-order valence-electron chi connectivity index (χ4n) is 0. The van der Waals surface area contributed by atoms with Gasteiger partial charge in [0.1, 0.15) is 0 Å². The molecule has 16 heavy (non-hydrogen) atoms. The molecule has 0 aliphatic heterocycles. The first-order valence-electron chi connectivity index (χ1n) is 2.72. The molecule has 0 fully saturated rings. The van der Waals surface area contributed by atoms with Gasteiger partial charge in [-0.05, 0) is 13.8 Å². The van der Waals surface area contributed by atoms with Crippen LogP contribution in [0.25, 0.3) is 0 Å². The predicted molar refractivity (Wildman–Crippen MR) is 48.1 cm³/mol. The summed E-state index contributed by atoms with van der Waals surface area (Å²) in [6.45, 7) is 3.44. The van der Waals surface area contributed by atoms with Gasteiger partial charge in [-0.1, -0.05) is 0 Å². The Morgan fingerprint density at radius 3 is 0.938 bits per heavy atom. The Morgan fingerprint density at radius 1 is 0.938 bits per heavy atom. The van der Waals surface area contributed by atoms with Crippen LogP contribution in [0.1, 0.15) is 19.6 Å². The van der Waals surface area contributed by atoms with E-state index in [1.54, 1.807) is 13.8 Å². The van der Waals surface area contributed by atoms with Gasteiger partial charge in [0, 0.05) is 6.10 Å². The Bertz CT molecular complexity index is 127. The Hall–Kier alpha value is 1.46. The molecule has 0 aliphatic rings. The van der Waals surface area contributed by atoms with Gasteiger partial charge in [0.05, 0.1) is 0 Å². The van der Waals surface area contributed by atoms with Crippen molar-refractivity contribution in [3.05, 3.63) is 0 Å². The fraction of sp³-hybridized carbons (Fsp3) is 0.600. The normalized spacial score (nSPS) is 5.25. The molecule has 0 radical (unpaired) electrons. The van der Waals surface area contributed by atoms with Crippen LogP contribution >= 0.6 is 0 Å². The molecule has 0 rings (SSSR count). The van der Waals surface area contributed by atoms with Crippen molar-refractivity contribution in [3.8, 4) is 0 Å². The van der Waals surface area contributed by atoms with Crippen molar-refractivity contribution < 1.29 is 130 Å². The zero-order valence-corrected chi connectivity index (χ0v) is 16.3. The maximum absolute atomic E-state index is 8.56. The summed E-state index contributed by atoms with van der Waals surface area (Å²) in [5.74, 6) is 0. The minimum atomic E-state index is -1.83. The number of carbonyl (C=O) groups is 2. The molecule has 0 heterocycles. The van der Waals surface area contributed by atoms with Crippen LogP contribution in [0.3, 0.4) is 0 Å². The molecule has 0 unspecified atom stereocenters. The minimum absolute atomic E-state index is 0. The maximum Gasteiger partial charge on any atom is 1.00 e. The second-order valence-electron chi connectivity index (χ2n) is 1.66. The summed E-state index contributed by atoms with van der Waals surface area (Å²) >= 11 is 0. The molecular formula is C5H19NNa3O7+. The summed E-state index contributed by atoms with van der Waals surface area (Å²) in [5, 5.41) is 35.9. The Kier molecular flexibility index (Phi) is 97.2. The van der Waals surface area contributed by atoms with Gasteiger partial charge in [-0.2, -0.15) is 0 Å². The monoisotopic (exact) mass is 274 g/mol. The van der Waals surface area contributed by atoms with Crippen LogP contribution in [0, 0.1) is 0 Å². The molecule has 0 aromatic rings. The molecule has 8 nitrogen and oxygen atoms in total. The summed E-state index contributed by atoms with van der Waals surface area (Å²) in [6.07, 6.45) is -3.83. The number of carboxylic acid groups (broad SMARTS) is 4. The van der Waals surface area contributed by atoms with Crippen LogP contribution in [0.15, 0.2) is 0 Å². The first kappa shape index (κ1) is 43.2. The molecule has 0 spiro atoms. The van der Waals surface area contributed by atoms with Crippen molar-refractivity contribution in [1.29, 1.82) is 0 Å². The van der Waals surface area contributed by atoms with Crippen LogP contribution in [-0.4, -0.2) is 43.9 Å². The SMILES string of the molecule is CC(C)O.N.O=C(O)O.O=C(O)O.[H+].[H-].[H-].[H-].[Na+].[Na+].[Na+]. The van der Waals surface area contributed by atoms with Gasteiger partial charge in [-0.3, -0.25) is 0 Å². The first-order valence-corrected chi connectivity index (χ1v) is 2.72. The van der Waals surface area contributed by atoms with E-state index >= 15 is 0 Å². The van der Waals surface area contributed by atoms with Crippen LogP contribution in [0.2, 0.25) is 0 Å². The van der Waals surface area contributed by atoms with Crippen molar-refractivity contribution in [2.45, 2.75) is 20.0 Å². The van der Waals surface area contributed by atoms with Crippen LogP contribution < -0.4 is 94.8 Å². The molecule has 0 aromatic carbocycles. The molecule has 8 N–H and O–H groups in total. The van der Waals surface area contributed by atoms with Crippen molar-refractivity contribution >= 4 is 12.3 Å². The quantitative estimate of drug-likeness (QED) is 0.236. The average molecular weight is 274 g/mol. The van der Waals surface area contributed by atoms with Crippen LogP contribution in [0.4, 0.5) is 9.59 Å². The summed E-state index contributed by atoms with van der Waals surface area (Å²) in [4.78, 5) is 17.1. The fourth-order valence-corrected chi connectivity index (χ4v) is 0. The molecule has 0 bridgehead atoms. The smallest absolute Gasteiger partial charge is 1.00 e. The van der Waals surface area contributed by atoms with E-state index in [0.29, 0.717) is 0 Å². The van der Waals surface area contributed by atoms with Crippen molar-refractivity contribution in [2.75, 3.05) is 0 Å². The van der Waals surface area contributed by atoms with Crippen molar-refractivity contribution in [3.63, 3.8) is 0 Å². The van der Waals surface area contributed by atoms with E-state index in [2.05, 4.69) is 0 Å². The standard InChI is InChI=1S/C3H8O.2CH2O3.H3N.3Na.3H/c1-3(2)4;2*2-1(3)4;;;;;;;/h3-4H,1-2H3;2*(H2,2,3,4);1H3;;;;;;/q;;;;3*+1;3*-1/p+1. The molecule has 0 saturated carbocycles. The predicted octanol–water partition coefficient (Wildman–Crippen LogP) is -7.54.